The van der Waals surface area contributed by atoms with Gasteiger partial charge in [-0.05, 0) is 70.2 Å². The van der Waals surface area contributed by atoms with Crippen LogP contribution in [0.4, 0.5) is 0 Å². The summed E-state index contributed by atoms with van der Waals surface area (Å²) in [5.74, 6) is -0.345. The Hall–Kier alpha value is -0.420. The van der Waals surface area contributed by atoms with Crippen LogP contribution < -0.4 is 0 Å². The maximum atomic E-state index is 10.2. The van der Waals surface area contributed by atoms with E-state index in [9.17, 15) is 5.11 Å². The third-order valence-corrected chi connectivity index (χ3v) is 5.35. The molecule has 0 saturated heterocycles. The van der Waals surface area contributed by atoms with E-state index in [2.05, 4.69) is 25.7 Å². The van der Waals surface area contributed by atoms with Crippen molar-refractivity contribution in [1.82, 2.24) is 4.90 Å². The fourth-order valence-electron chi connectivity index (χ4n) is 3.72. The molecule has 1 saturated carbocycles. The van der Waals surface area contributed by atoms with E-state index >= 15 is 0 Å². The molecule has 1 unspecified atom stereocenters. The maximum Gasteiger partial charge on any atom is 0.222 e. The molecule has 1 atom stereocenters. The molecule has 0 aromatic heterocycles. The molecule has 4 nitrogen and oxygen atoms in total. The molecule has 0 heterocycles. The molecular formula is C21H41NO3. The van der Waals surface area contributed by atoms with E-state index in [0.29, 0.717) is 6.42 Å². The first-order chi connectivity index (χ1) is 12.1. The fourth-order valence-corrected chi connectivity index (χ4v) is 3.72. The average molecular weight is 356 g/mol. The lowest BCUT2D eigenvalue weighted by Crippen LogP contribution is -2.39. The van der Waals surface area contributed by atoms with Crippen LogP contribution in [0.1, 0.15) is 86.0 Å². The van der Waals surface area contributed by atoms with E-state index in [1.54, 1.807) is 0 Å². The van der Waals surface area contributed by atoms with Gasteiger partial charge in [0.2, 0.25) is 5.79 Å². The minimum Gasteiger partial charge on any atom is -0.360 e. The van der Waals surface area contributed by atoms with Crippen molar-refractivity contribution in [2.45, 2.75) is 97.9 Å². The molecule has 2 aliphatic rings. The first-order valence-electron chi connectivity index (χ1n) is 10.6. The number of hydrogen-bond acceptors (Lipinski definition) is 4. The molecule has 0 bridgehead atoms. The normalized spacial score (nSPS) is 28.8. The Morgan fingerprint density at radius 1 is 1.12 bits per heavy atom. The molecule has 0 radical (unpaired) electrons. The molecule has 0 aromatic rings. The van der Waals surface area contributed by atoms with Gasteiger partial charge in [-0.15, -0.1) is 0 Å². The van der Waals surface area contributed by atoms with Crippen LogP contribution in [0.3, 0.4) is 0 Å². The maximum absolute atomic E-state index is 10.2. The Kier molecular flexibility index (Phi) is 10.9. The highest BCUT2D eigenvalue weighted by Crippen LogP contribution is 2.36. The van der Waals surface area contributed by atoms with Gasteiger partial charge in [0.05, 0.1) is 6.10 Å². The van der Waals surface area contributed by atoms with Gasteiger partial charge in [0.15, 0.2) is 0 Å². The Balaban J connectivity index is 0.00000151. The molecule has 25 heavy (non-hydrogen) atoms. The fraction of sp³-hybridized carbons (Fsp3) is 0.905. The molecule has 0 aliphatic heterocycles. The van der Waals surface area contributed by atoms with E-state index in [4.69, 9.17) is 9.78 Å². The van der Waals surface area contributed by atoms with Crippen molar-refractivity contribution in [2.75, 3.05) is 19.6 Å². The third-order valence-electron chi connectivity index (χ3n) is 5.35. The summed E-state index contributed by atoms with van der Waals surface area (Å²) in [4.78, 5) is 13.3. The Morgan fingerprint density at radius 2 is 1.72 bits per heavy atom. The van der Waals surface area contributed by atoms with Crippen molar-refractivity contribution >= 4 is 0 Å². The molecule has 2 aliphatic carbocycles. The van der Waals surface area contributed by atoms with Crippen molar-refractivity contribution in [3.63, 3.8) is 0 Å². The summed E-state index contributed by atoms with van der Waals surface area (Å²) in [6, 6.07) is 0. The lowest BCUT2D eigenvalue weighted by Gasteiger charge is -2.36. The minimum absolute atomic E-state index is 0.146. The monoisotopic (exact) mass is 355 g/mol. The van der Waals surface area contributed by atoms with Gasteiger partial charge in [-0.25, -0.2) is 4.89 Å². The van der Waals surface area contributed by atoms with Crippen molar-refractivity contribution in [3.8, 4) is 0 Å². The molecule has 4 heteroatoms. The van der Waals surface area contributed by atoms with Gasteiger partial charge in [-0.3, -0.25) is 0 Å². The zero-order chi connectivity index (χ0) is 18.7. The van der Waals surface area contributed by atoms with Gasteiger partial charge in [0.25, 0.3) is 0 Å². The molecule has 0 aromatic carbocycles. The predicted octanol–water partition coefficient (Wildman–Crippen LogP) is 5.07. The van der Waals surface area contributed by atoms with Crippen molar-refractivity contribution in [3.05, 3.63) is 11.6 Å². The van der Waals surface area contributed by atoms with E-state index in [1.807, 2.05) is 19.9 Å². The highest BCUT2D eigenvalue weighted by atomic mass is 17.2. The highest BCUT2D eigenvalue weighted by molar-refractivity contribution is 5.22. The summed E-state index contributed by atoms with van der Waals surface area (Å²) in [5.41, 5.74) is 1.28. The quantitative estimate of drug-likeness (QED) is 0.257. The van der Waals surface area contributed by atoms with Crippen molar-refractivity contribution in [2.24, 2.45) is 5.92 Å². The number of nitrogens with zero attached hydrogens (tertiary/aromatic N) is 1. The van der Waals surface area contributed by atoms with Crippen LogP contribution in [-0.4, -0.2) is 41.5 Å². The SMILES string of the molecule is CC.CCCC1=CC(O)(OOC2CCC(CCN(CC)CC)CC2)C1. The van der Waals surface area contributed by atoms with Gasteiger partial charge in [-0.2, -0.15) is 4.89 Å². The van der Waals surface area contributed by atoms with Gasteiger partial charge >= 0.3 is 0 Å². The smallest absolute Gasteiger partial charge is 0.222 e. The average Bonchev–Trinajstić information content (AvgIpc) is 2.62. The molecule has 0 amide bonds. The summed E-state index contributed by atoms with van der Waals surface area (Å²) >= 11 is 0. The first-order valence-corrected chi connectivity index (χ1v) is 10.6. The summed E-state index contributed by atoms with van der Waals surface area (Å²) in [6.07, 6.45) is 10.5. The van der Waals surface area contributed by atoms with Crippen LogP contribution >= 0.6 is 0 Å². The number of aliphatic hydroxyl groups is 1. The highest BCUT2D eigenvalue weighted by Gasteiger charge is 2.37. The van der Waals surface area contributed by atoms with Crippen LogP contribution in [0.15, 0.2) is 11.6 Å². The lowest BCUT2D eigenvalue weighted by molar-refractivity contribution is -0.428. The molecule has 1 N–H and O–H groups in total. The van der Waals surface area contributed by atoms with Crippen LogP contribution in [0.2, 0.25) is 0 Å². The molecule has 2 rings (SSSR count). The van der Waals surface area contributed by atoms with Crippen LogP contribution in [-0.2, 0) is 9.78 Å². The van der Waals surface area contributed by atoms with Crippen molar-refractivity contribution < 1.29 is 14.9 Å². The first kappa shape index (κ1) is 22.6. The summed E-state index contributed by atoms with van der Waals surface area (Å²) < 4.78 is 0. The zero-order valence-corrected chi connectivity index (χ0v) is 17.2. The lowest BCUT2D eigenvalue weighted by atomic mass is 9.85. The standard InChI is InChI=1S/C19H35NO3.C2H6/c1-4-7-17-14-19(21,15-17)23-22-18-10-8-16(9-11-18)12-13-20(5-2)6-3;1-2/h14,16,18,21H,4-13,15H2,1-3H3;1-2H3. The number of hydrogen-bond donors (Lipinski definition) is 1. The Morgan fingerprint density at radius 3 is 2.24 bits per heavy atom. The predicted molar refractivity (Wildman–Crippen MR) is 104 cm³/mol. The van der Waals surface area contributed by atoms with Gasteiger partial charge in [-0.1, -0.05) is 46.6 Å². The summed E-state index contributed by atoms with van der Waals surface area (Å²) in [6.45, 7) is 14.1. The van der Waals surface area contributed by atoms with Gasteiger partial charge in [0, 0.05) is 6.42 Å². The van der Waals surface area contributed by atoms with E-state index < -0.39 is 5.79 Å². The largest absolute Gasteiger partial charge is 0.360 e. The second-order valence-electron chi connectivity index (χ2n) is 7.21. The second kappa shape index (κ2) is 12.1. The third kappa shape index (κ3) is 7.78. The van der Waals surface area contributed by atoms with E-state index in [1.165, 1.54) is 31.4 Å². The zero-order valence-electron chi connectivity index (χ0n) is 17.2. The Labute approximate surface area is 155 Å². The van der Waals surface area contributed by atoms with Gasteiger partial charge in [0.1, 0.15) is 0 Å². The molecular weight excluding hydrogens is 314 g/mol. The molecule has 0 spiro atoms. The molecule has 1 fully saturated rings. The summed E-state index contributed by atoms with van der Waals surface area (Å²) in [5, 5.41) is 10.2. The van der Waals surface area contributed by atoms with Gasteiger partial charge < -0.3 is 10.0 Å². The van der Waals surface area contributed by atoms with E-state index in [-0.39, 0.29) is 6.10 Å². The summed E-state index contributed by atoms with van der Waals surface area (Å²) in [7, 11) is 0. The van der Waals surface area contributed by atoms with Crippen LogP contribution in [0.5, 0.6) is 0 Å². The topological polar surface area (TPSA) is 41.9 Å². The van der Waals surface area contributed by atoms with Crippen LogP contribution in [0, 0.1) is 5.92 Å². The molecule has 148 valence electrons. The van der Waals surface area contributed by atoms with Crippen molar-refractivity contribution in [1.29, 1.82) is 0 Å². The van der Waals surface area contributed by atoms with Crippen LogP contribution in [0.25, 0.3) is 0 Å². The van der Waals surface area contributed by atoms with E-state index in [0.717, 1.165) is 44.7 Å². The minimum atomic E-state index is -1.16. The second-order valence-corrected chi connectivity index (χ2v) is 7.21. The number of rotatable bonds is 10. The Bertz CT molecular complexity index is 373.